The van der Waals surface area contributed by atoms with Crippen LogP contribution in [0.5, 0.6) is 0 Å². The highest BCUT2D eigenvalue weighted by Crippen LogP contribution is 2.20. The van der Waals surface area contributed by atoms with Crippen molar-refractivity contribution in [1.82, 2.24) is 4.90 Å². The Labute approximate surface area is 152 Å². The number of fused-ring (bicyclic) bond motifs is 1. The van der Waals surface area contributed by atoms with Crippen LogP contribution < -0.4 is 0 Å². The number of sulfone groups is 1. The average molecular weight is 375 g/mol. The highest BCUT2D eigenvalue weighted by molar-refractivity contribution is 7.91. The maximum absolute atomic E-state index is 12.4. The second-order valence-electron chi connectivity index (χ2n) is 6.34. The van der Waals surface area contributed by atoms with Crippen molar-refractivity contribution < 1.29 is 22.7 Å². The van der Waals surface area contributed by atoms with Gasteiger partial charge in [-0.25, -0.2) is 13.2 Å². The van der Waals surface area contributed by atoms with Crippen LogP contribution in [0.25, 0.3) is 10.8 Å². The molecule has 0 aliphatic carbocycles. The summed E-state index contributed by atoms with van der Waals surface area (Å²) in [5.41, 5.74) is 0.405. The molecule has 0 radical (unpaired) electrons. The number of amides is 1. The van der Waals surface area contributed by atoms with Gasteiger partial charge < -0.3 is 9.64 Å². The first-order valence-electron chi connectivity index (χ1n) is 8.56. The molecule has 1 amide bonds. The molecule has 0 unspecified atom stereocenters. The van der Waals surface area contributed by atoms with Gasteiger partial charge in [0.05, 0.1) is 17.1 Å². The maximum Gasteiger partial charge on any atom is 0.339 e. The molecule has 0 spiro atoms. The van der Waals surface area contributed by atoms with Gasteiger partial charge in [-0.05, 0) is 30.2 Å². The van der Waals surface area contributed by atoms with E-state index in [1.54, 1.807) is 19.1 Å². The van der Waals surface area contributed by atoms with Crippen molar-refractivity contribution in [2.75, 3.05) is 24.7 Å². The van der Waals surface area contributed by atoms with E-state index in [1.165, 1.54) is 4.90 Å². The van der Waals surface area contributed by atoms with Gasteiger partial charge in [-0.3, -0.25) is 4.79 Å². The van der Waals surface area contributed by atoms with Crippen LogP contribution in [-0.2, 0) is 19.4 Å². The second-order valence-corrected chi connectivity index (χ2v) is 8.57. The third-order valence-corrected chi connectivity index (χ3v) is 6.40. The lowest BCUT2D eigenvalue weighted by Crippen LogP contribution is -2.43. The Morgan fingerprint density at radius 2 is 1.88 bits per heavy atom. The largest absolute Gasteiger partial charge is 0.452 e. The third-order valence-electron chi connectivity index (χ3n) is 4.65. The molecule has 1 heterocycles. The van der Waals surface area contributed by atoms with Crippen molar-refractivity contribution in [1.29, 1.82) is 0 Å². The predicted molar refractivity (Wildman–Crippen MR) is 98.7 cm³/mol. The molecule has 3 rings (SSSR count). The minimum Gasteiger partial charge on any atom is -0.452 e. The number of hydrogen-bond donors (Lipinski definition) is 0. The Morgan fingerprint density at radius 3 is 2.58 bits per heavy atom. The van der Waals surface area contributed by atoms with Gasteiger partial charge in [0.2, 0.25) is 0 Å². The Balaban J connectivity index is 1.67. The fourth-order valence-corrected chi connectivity index (χ4v) is 5.08. The number of nitrogens with zero attached hydrogens (tertiary/aromatic N) is 1. The van der Waals surface area contributed by atoms with E-state index in [0.29, 0.717) is 18.5 Å². The van der Waals surface area contributed by atoms with Crippen LogP contribution in [0.1, 0.15) is 23.7 Å². The molecule has 1 aliphatic rings. The van der Waals surface area contributed by atoms with Gasteiger partial charge in [0.15, 0.2) is 16.4 Å². The fourth-order valence-electron chi connectivity index (χ4n) is 3.35. The summed E-state index contributed by atoms with van der Waals surface area (Å²) in [7, 11) is -3.08. The third kappa shape index (κ3) is 3.88. The van der Waals surface area contributed by atoms with Crippen molar-refractivity contribution in [2.24, 2.45) is 0 Å². The van der Waals surface area contributed by atoms with Crippen molar-refractivity contribution in [2.45, 2.75) is 19.4 Å². The van der Waals surface area contributed by atoms with Crippen LogP contribution in [0.4, 0.5) is 0 Å². The lowest BCUT2D eigenvalue weighted by atomic mass is 10.1. The second kappa shape index (κ2) is 7.45. The molecule has 6 nitrogen and oxygen atoms in total. The molecule has 0 saturated carbocycles. The van der Waals surface area contributed by atoms with Gasteiger partial charge in [-0.15, -0.1) is 0 Å². The van der Waals surface area contributed by atoms with E-state index < -0.39 is 22.4 Å². The minimum atomic E-state index is -3.08. The van der Waals surface area contributed by atoms with E-state index in [9.17, 15) is 18.0 Å². The summed E-state index contributed by atoms with van der Waals surface area (Å²) in [5.74, 6) is -0.866. The van der Waals surface area contributed by atoms with Crippen LogP contribution in [0.15, 0.2) is 42.5 Å². The van der Waals surface area contributed by atoms with E-state index >= 15 is 0 Å². The standard InChI is InChI=1S/C19H21NO5S/c1-2-20(15-10-11-26(23,24)13-15)18(21)12-25-19(22)17-9-5-7-14-6-3-4-8-16(14)17/h3-9,15H,2,10-13H2,1H3/t15-/m0/s1. The molecule has 1 saturated heterocycles. The zero-order chi connectivity index (χ0) is 18.7. The number of ether oxygens (including phenoxy) is 1. The number of likely N-dealkylation sites (N-methyl/N-ethyl adjacent to an activating group) is 1. The molecule has 7 heteroatoms. The highest BCUT2D eigenvalue weighted by Gasteiger charge is 2.34. The number of hydrogen-bond acceptors (Lipinski definition) is 5. The quantitative estimate of drug-likeness (QED) is 0.747. The number of carbonyl (C=O) groups excluding carboxylic acids is 2. The Bertz CT molecular complexity index is 933. The monoisotopic (exact) mass is 375 g/mol. The summed E-state index contributed by atoms with van der Waals surface area (Å²) < 4.78 is 28.5. The van der Waals surface area contributed by atoms with Gasteiger partial charge in [-0.1, -0.05) is 36.4 Å². The summed E-state index contributed by atoms with van der Waals surface area (Å²) in [5, 5.41) is 1.68. The van der Waals surface area contributed by atoms with Gasteiger partial charge in [-0.2, -0.15) is 0 Å². The molecule has 1 fully saturated rings. The molecule has 138 valence electrons. The van der Waals surface area contributed by atoms with E-state index in [1.807, 2.05) is 30.3 Å². The van der Waals surface area contributed by atoms with E-state index in [2.05, 4.69) is 0 Å². The van der Waals surface area contributed by atoms with Gasteiger partial charge in [0.1, 0.15) is 0 Å². The van der Waals surface area contributed by atoms with Crippen molar-refractivity contribution in [3.8, 4) is 0 Å². The van der Waals surface area contributed by atoms with Crippen molar-refractivity contribution >= 4 is 32.5 Å². The molecular weight excluding hydrogens is 354 g/mol. The first kappa shape index (κ1) is 18.4. The summed E-state index contributed by atoms with van der Waals surface area (Å²) in [6, 6.07) is 12.4. The predicted octanol–water partition coefficient (Wildman–Crippen LogP) is 2.03. The summed E-state index contributed by atoms with van der Waals surface area (Å²) >= 11 is 0. The van der Waals surface area contributed by atoms with E-state index in [0.717, 1.165) is 10.8 Å². The Morgan fingerprint density at radius 1 is 1.15 bits per heavy atom. The lowest BCUT2D eigenvalue weighted by Gasteiger charge is -2.26. The SMILES string of the molecule is CCN(C(=O)COC(=O)c1cccc2ccccc12)[C@H]1CCS(=O)(=O)C1. The van der Waals surface area contributed by atoms with Crippen LogP contribution in [0, 0.1) is 0 Å². The van der Waals surface area contributed by atoms with E-state index in [4.69, 9.17) is 4.74 Å². The topological polar surface area (TPSA) is 80.8 Å². The zero-order valence-electron chi connectivity index (χ0n) is 14.6. The molecule has 0 N–H and O–H groups in total. The minimum absolute atomic E-state index is 0.0240. The summed E-state index contributed by atoms with van der Waals surface area (Å²) in [4.78, 5) is 26.3. The van der Waals surface area contributed by atoms with E-state index in [-0.39, 0.29) is 23.5 Å². The smallest absolute Gasteiger partial charge is 0.339 e. The first-order valence-corrected chi connectivity index (χ1v) is 10.4. The Kier molecular flexibility index (Phi) is 5.27. The van der Waals surface area contributed by atoms with Crippen LogP contribution in [0.2, 0.25) is 0 Å². The highest BCUT2D eigenvalue weighted by atomic mass is 32.2. The number of benzene rings is 2. The first-order chi connectivity index (χ1) is 12.4. The summed E-state index contributed by atoms with van der Waals surface area (Å²) in [6.45, 7) is 1.77. The molecule has 2 aromatic rings. The number of carbonyl (C=O) groups is 2. The van der Waals surface area contributed by atoms with Gasteiger partial charge in [0.25, 0.3) is 5.91 Å². The fraction of sp³-hybridized carbons (Fsp3) is 0.368. The van der Waals surface area contributed by atoms with Crippen molar-refractivity contribution in [3.05, 3.63) is 48.0 Å². The van der Waals surface area contributed by atoms with Crippen LogP contribution in [-0.4, -0.2) is 55.9 Å². The van der Waals surface area contributed by atoms with Crippen LogP contribution in [0.3, 0.4) is 0 Å². The van der Waals surface area contributed by atoms with Crippen molar-refractivity contribution in [3.63, 3.8) is 0 Å². The normalized spacial score (nSPS) is 18.6. The molecule has 2 aromatic carbocycles. The average Bonchev–Trinajstić information content (AvgIpc) is 2.99. The Hall–Kier alpha value is -2.41. The molecule has 0 bridgehead atoms. The van der Waals surface area contributed by atoms with Crippen LogP contribution >= 0.6 is 0 Å². The maximum atomic E-state index is 12.4. The number of rotatable bonds is 5. The van der Waals surface area contributed by atoms with Gasteiger partial charge in [0, 0.05) is 12.6 Å². The molecule has 26 heavy (non-hydrogen) atoms. The molecule has 1 aliphatic heterocycles. The summed E-state index contributed by atoms with van der Waals surface area (Å²) in [6.07, 6.45) is 0.430. The molecular formula is C19H21NO5S. The molecule has 0 aromatic heterocycles. The lowest BCUT2D eigenvalue weighted by molar-refractivity contribution is -0.136. The zero-order valence-corrected chi connectivity index (χ0v) is 15.4. The van der Waals surface area contributed by atoms with Gasteiger partial charge >= 0.3 is 5.97 Å². The number of esters is 1. The molecule has 1 atom stereocenters.